The summed E-state index contributed by atoms with van der Waals surface area (Å²) in [6.45, 7) is 0.653. The molecule has 0 saturated carbocycles. The third kappa shape index (κ3) is 4.00. The number of amides is 1. The summed E-state index contributed by atoms with van der Waals surface area (Å²) in [6.07, 6.45) is -2.22. The van der Waals surface area contributed by atoms with Crippen molar-refractivity contribution in [2.24, 2.45) is 4.36 Å². The van der Waals surface area contributed by atoms with E-state index in [0.29, 0.717) is 12.1 Å². The Balaban J connectivity index is 2.40. The SMILES string of the molecule is CCC1=CN(c2cccc(C(F)(F)F)c2)C(Br)S1=NC(=O)CF. The number of carbonyl (C=O) groups excluding carboxylic acids is 1. The smallest absolute Gasteiger partial charge is 0.324 e. The molecule has 0 N–H and O–H groups in total. The topological polar surface area (TPSA) is 32.7 Å². The van der Waals surface area contributed by atoms with Crippen molar-refractivity contribution in [2.75, 3.05) is 11.6 Å². The van der Waals surface area contributed by atoms with Crippen molar-refractivity contribution in [3.63, 3.8) is 0 Å². The number of hydrogen-bond acceptors (Lipinski definition) is 2. The van der Waals surface area contributed by atoms with Crippen LogP contribution in [0.15, 0.2) is 39.7 Å². The number of carbonyl (C=O) groups is 1. The highest BCUT2D eigenvalue weighted by Gasteiger charge is 2.33. The molecular weight excluding hydrogens is 400 g/mol. The lowest BCUT2D eigenvalue weighted by Crippen LogP contribution is -2.24. The molecule has 2 atom stereocenters. The van der Waals surface area contributed by atoms with Gasteiger partial charge >= 0.3 is 6.18 Å². The van der Waals surface area contributed by atoms with Gasteiger partial charge in [0.25, 0.3) is 5.91 Å². The van der Waals surface area contributed by atoms with Gasteiger partial charge in [0.2, 0.25) is 0 Å². The molecule has 1 amide bonds. The third-order valence-electron chi connectivity index (χ3n) is 3.09. The van der Waals surface area contributed by atoms with Crippen LogP contribution in [0.1, 0.15) is 18.9 Å². The van der Waals surface area contributed by atoms with Gasteiger partial charge in [0.05, 0.1) is 5.56 Å². The van der Waals surface area contributed by atoms with Crippen LogP contribution in [0.4, 0.5) is 23.2 Å². The van der Waals surface area contributed by atoms with Crippen molar-refractivity contribution < 1.29 is 22.4 Å². The first-order valence-electron chi connectivity index (χ1n) is 6.62. The fraction of sp³-hybridized carbons (Fsp3) is 0.357. The van der Waals surface area contributed by atoms with Crippen molar-refractivity contribution in [1.29, 1.82) is 0 Å². The molecule has 0 aromatic heterocycles. The molecule has 9 heteroatoms. The second kappa shape index (κ2) is 7.12. The molecule has 0 aliphatic carbocycles. The molecule has 2 unspecified atom stereocenters. The van der Waals surface area contributed by atoms with E-state index in [1.54, 1.807) is 11.1 Å². The molecule has 1 aromatic rings. The van der Waals surface area contributed by atoms with E-state index in [-0.39, 0.29) is 0 Å². The Morgan fingerprint density at radius 1 is 1.43 bits per heavy atom. The fourth-order valence-electron chi connectivity index (χ4n) is 2.01. The number of nitrogens with zero attached hydrogens (tertiary/aromatic N) is 2. The van der Waals surface area contributed by atoms with E-state index in [9.17, 15) is 22.4 Å². The van der Waals surface area contributed by atoms with Gasteiger partial charge in [-0.2, -0.15) is 17.5 Å². The van der Waals surface area contributed by atoms with Crippen LogP contribution in [0.3, 0.4) is 0 Å². The summed E-state index contributed by atoms with van der Waals surface area (Å²) in [5.41, 5.74) is -0.435. The van der Waals surface area contributed by atoms with Gasteiger partial charge in [-0.3, -0.25) is 4.79 Å². The van der Waals surface area contributed by atoms with Gasteiger partial charge < -0.3 is 4.90 Å². The Bertz CT molecular complexity index is 675. The third-order valence-corrected chi connectivity index (χ3v) is 6.52. The summed E-state index contributed by atoms with van der Waals surface area (Å²) < 4.78 is 54.2. The monoisotopic (exact) mass is 412 g/mol. The van der Waals surface area contributed by atoms with E-state index in [2.05, 4.69) is 20.3 Å². The molecule has 0 spiro atoms. The minimum Gasteiger partial charge on any atom is -0.324 e. The lowest BCUT2D eigenvalue weighted by molar-refractivity contribution is -0.137. The summed E-state index contributed by atoms with van der Waals surface area (Å²) in [7, 11) is -0.940. The van der Waals surface area contributed by atoms with Crippen molar-refractivity contribution in [3.8, 4) is 0 Å². The van der Waals surface area contributed by atoms with E-state index < -0.39 is 39.3 Å². The van der Waals surface area contributed by atoms with Gasteiger partial charge in [-0.25, -0.2) is 4.39 Å². The van der Waals surface area contributed by atoms with Crippen molar-refractivity contribution in [2.45, 2.75) is 23.8 Å². The van der Waals surface area contributed by atoms with Crippen LogP contribution in [0.25, 0.3) is 0 Å². The normalized spacial score (nSPS) is 21.7. The first-order valence-corrected chi connectivity index (χ1v) is 8.78. The largest absolute Gasteiger partial charge is 0.416 e. The highest BCUT2D eigenvalue weighted by atomic mass is 79.9. The van der Waals surface area contributed by atoms with Gasteiger partial charge in [0.1, 0.15) is 4.28 Å². The van der Waals surface area contributed by atoms with Crippen molar-refractivity contribution in [1.82, 2.24) is 0 Å². The quantitative estimate of drug-likeness (QED) is 0.407. The van der Waals surface area contributed by atoms with E-state index >= 15 is 0 Å². The van der Waals surface area contributed by atoms with E-state index in [1.165, 1.54) is 12.1 Å². The predicted molar refractivity (Wildman–Crippen MR) is 85.8 cm³/mol. The zero-order valence-electron chi connectivity index (χ0n) is 12.0. The zero-order chi connectivity index (χ0) is 17.2. The number of alkyl halides is 5. The highest BCUT2D eigenvalue weighted by molar-refractivity contribution is 9.11. The second-order valence-electron chi connectivity index (χ2n) is 4.63. The fourth-order valence-corrected chi connectivity index (χ4v) is 4.97. The molecule has 0 fully saturated rings. The molecule has 1 aliphatic heterocycles. The molecule has 23 heavy (non-hydrogen) atoms. The summed E-state index contributed by atoms with van der Waals surface area (Å²) >= 11 is 3.36. The Morgan fingerprint density at radius 3 is 2.70 bits per heavy atom. The number of rotatable bonds is 3. The summed E-state index contributed by atoms with van der Waals surface area (Å²) in [4.78, 5) is 13.6. The average molecular weight is 413 g/mol. The number of hydrogen-bond donors (Lipinski definition) is 0. The Hall–Kier alpha value is -1.22. The molecule has 1 aromatic carbocycles. The van der Waals surface area contributed by atoms with Gasteiger partial charge in [-0.15, -0.1) is 0 Å². The van der Waals surface area contributed by atoms with E-state index in [0.717, 1.165) is 17.0 Å². The molecule has 2 rings (SSSR count). The molecule has 1 heterocycles. The summed E-state index contributed by atoms with van der Waals surface area (Å²) in [5, 5.41) is 0. The molecule has 0 bridgehead atoms. The van der Waals surface area contributed by atoms with Gasteiger partial charge in [0.15, 0.2) is 6.67 Å². The van der Waals surface area contributed by atoms with Crippen LogP contribution in [0.5, 0.6) is 0 Å². The maximum Gasteiger partial charge on any atom is 0.416 e. The van der Waals surface area contributed by atoms with Crippen LogP contribution in [-0.2, 0) is 21.7 Å². The van der Waals surface area contributed by atoms with Gasteiger partial charge in [0, 0.05) is 16.8 Å². The van der Waals surface area contributed by atoms with Crippen LogP contribution < -0.4 is 4.90 Å². The van der Waals surface area contributed by atoms with Crippen LogP contribution in [0, 0.1) is 0 Å². The maximum absolute atomic E-state index is 12.8. The summed E-state index contributed by atoms with van der Waals surface area (Å²) in [5.74, 6) is -0.872. The first-order chi connectivity index (χ1) is 10.8. The molecule has 0 radical (unpaired) electrons. The number of benzene rings is 1. The number of anilines is 1. The number of allylic oxidation sites excluding steroid dienone is 1. The maximum atomic E-state index is 12.8. The highest BCUT2D eigenvalue weighted by Crippen LogP contribution is 2.37. The van der Waals surface area contributed by atoms with E-state index in [4.69, 9.17) is 0 Å². The average Bonchev–Trinajstić information content (AvgIpc) is 2.83. The van der Waals surface area contributed by atoms with Crippen LogP contribution in [0.2, 0.25) is 0 Å². The minimum atomic E-state index is -4.44. The molecule has 1 aliphatic rings. The molecule has 126 valence electrons. The predicted octanol–water partition coefficient (Wildman–Crippen LogP) is 4.75. The number of halogens is 5. The van der Waals surface area contributed by atoms with Crippen molar-refractivity contribution >= 4 is 38.2 Å². The van der Waals surface area contributed by atoms with E-state index in [1.807, 2.05) is 6.92 Å². The van der Waals surface area contributed by atoms with Gasteiger partial charge in [-0.05, 0) is 35.3 Å². The molecule has 0 saturated heterocycles. The first kappa shape index (κ1) is 18.1. The lowest BCUT2D eigenvalue weighted by Gasteiger charge is -2.22. The molecular formula is C14H13BrF4N2OS. The zero-order valence-corrected chi connectivity index (χ0v) is 14.4. The van der Waals surface area contributed by atoms with Crippen LogP contribution >= 0.6 is 15.9 Å². The van der Waals surface area contributed by atoms with Crippen LogP contribution in [-0.4, -0.2) is 16.9 Å². The minimum absolute atomic E-state index is 0.325. The summed E-state index contributed by atoms with van der Waals surface area (Å²) in [6, 6.07) is 4.88. The van der Waals surface area contributed by atoms with Gasteiger partial charge in [-0.1, -0.05) is 28.9 Å². The second-order valence-corrected chi connectivity index (χ2v) is 7.89. The Labute approximate surface area is 141 Å². The van der Waals surface area contributed by atoms with Crippen molar-refractivity contribution in [3.05, 3.63) is 40.9 Å². The molecule has 3 nitrogen and oxygen atoms in total. The lowest BCUT2D eigenvalue weighted by atomic mass is 10.2. The Morgan fingerprint density at radius 2 is 2.13 bits per heavy atom. The standard InChI is InChI=1S/C14H13BrF4N2OS/c1-2-11-8-21(13(15)23(11)20-12(22)7-16)10-5-3-4-9(6-10)14(17,18)19/h3-6,8,13H,2,7H2,1H3. The Kier molecular flexibility index (Phi) is 5.61.